The zero-order valence-electron chi connectivity index (χ0n) is 10.4. The second-order valence-electron chi connectivity index (χ2n) is 3.43. The summed E-state index contributed by atoms with van der Waals surface area (Å²) >= 11 is 0. The highest BCUT2D eigenvalue weighted by atomic mass is 16.5. The predicted octanol–water partition coefficient (Wildman–Crippen LogP) is 1.12. The van der Waals surface area contributed by atoms with Crippen molar-refractivity contribution in [2.24, 2.45) is 0 Å². The largest absolute Gasteiger partial charge is 0.493 e. The second-order valence-corrected chi connectivity index (χ2v) is 3.43. The van der Waals surface area contributed by atoms with E-state index >= 15 is 0 Å². The Hall–Kier alpha value is -2.24. The molecular formula is C12H14O6. The number of carbonyl (C=O) groups is 2. The number of carboxylic acid groups (broad SMARTS) is 1. The van der Waals surface area contributed by atoms with Crippen LogP contribution in [-0.2, 0) is 16.0 Å². The Labute approximate surface area is 104 Å². The van der Waals surface area contributed by atoms with Crippen LogP contribution in [0, 0.1) is 0 Å². The van der Waals surface area contributed by atoms with Crippen LogP contribution < -0.4 is 9.47 Å². The van der Waals surface area contributed by atoms with Crippen LogP contribution in [-0.4, -0.2) is 38.4 Å². The Bertz CT molecular complexity index is 466. The van der Waals surface area contributed by atoms with E-state index in [9.17, 15) is 9.59 Å². The summed E-state index contributed by atoms with van der Waals surface area (Å²) in [6.45, 7) is 0. The van der Waals surface area contributed by atoms with Crippen LogP contribution in [0.3, 0.4) is 0 Å². The van der Waals surface area contributed by atoms with Gasteiger partial charge in [0.2, 0.25) is 0 Å². The highest BCUT2D eigenvalue weighted by Crippen LogP contribution is 2.33. The van der Waals surface area contributed by atoms with Crippen LogP contribution >= 0.6 is 0 Å². The lowest BCUT2D eigenvalue weighted by atomic mass is 10.1. The minimum absolute atomic E-state index is 0.214. The lowest BCUT2D eigenvalue weighted by molar-refractivity contribution is -0.136. The lowest BCUT2D eigenvalue weighted by Crippen LogP contribution is -2.08. The summed E-state index contributed by atoms with van der Waals surface area (Å²) in [6, 6.07) is 2.86. The third-order valence-electron chi connectivity index (χ3n) is 2.32. The van der Waals surface area contributed by atoms with E-state index in [0.29, 0.717) is 11.3 Å². The van der Waals surface area contributed by atoms with Gasteiger partial charge in [0, 0.05) is 5.56 Å². The standard InChI is InChI=1S/C12H14O6/c1-16-9-5-8(12(15)18-3)4-7(6-10(13)14)11(9)17-2/h4-5H,6H2,1-3H3,(H,13,14). The molecule has 98 valence electrons. The first-order chi connectivity index (χ1) is 8.53. The van der Waals surface area contributed by atoms with Gasteiger partial charge in [-0.15, -0.1) is 0 Å². The third-order valence-corrected chi connectivity index (χ3v) is 2.32. The summed E-state index contributed by atoms with van der Waals surface area (Å²) in [5.74, 6) is -1.01. The Balaban J connectivity index is 3.35. The van der Waals surface area contributed by atoms with Crippen molar-refractivity contribution in [3.8, 4) is 11.5 Å². The number of esters is 1. The normalized spacial score (nSPS) is 9.72. The maximum absolute atomic E-state index is 11.5. The number of carboxylic acids is 1. The fourth-order valence-corrected chi connectivity index (χ4v) is 1.57. The minimum atomic E-state index is -1.03. The summed E-state index contributed by atoms with van der Waals surface area (Å²) < 4.78 is 14.8. The van der Waals surface area contributed by atoms with Gasteiger partial charge in [0.15, 0.2) is 11.5 Å². The fourth-order valence-electron chi connectivity index (χ4n) is 1.57. The van der Waals surface area contributed by atoms with Crippen LogP contribution in [0.15, 0.2) is 12.1 Å². The van der Waals surface area contributed by atoms with Crippen molar-refractivity contribution in [2.45, 2.75) is 6.42 Å². The zero-order valence-corrected chi connectivity index (χ0v) is 10.4. The average molecular weight is 254 g/mol. The first-order valence-corrected chi connectivity index (χ1v) is 5.08. The van der Waals surface area contributed by atoms with Crippen molar-refractivity contribution < 1.29 is 28.9 Å². The van der Waals surface area contributed by atoms with Crippen molar-refractivity contribution in [2.75, 3.05) is 21.3 Å². The summed E-state index contributed by atoms with van der Waals surface area (Å²) in [5.41, 5.74) is 0.566. The molecule has 0 heterocycles. The number of benzene rings is 1. The quantitative estimate of drug-likeness (QED) is 0.793. The monoisotopic (exact) mass is 254 g/mol. The van der Waals surface area contributed by atoms with Gasteiger partial charge in [-0.25, -0.2) is 4.79 Å². The Kier molecular flexibility index (Phi) is 4.53. The molecule has 0 fully saturated rings. The van der Waals surface area contributed by atoms with E-state index in [1.165, 1.54) is 33.5 Å². The summed E-state index contributed by atoms with van der Waals surface area (Å²) in [6.07, 6.45) is -0.273. The molecule has 0 amide bonds. The van der Waals surface area contributed by atoms with Crippen molar-refractivity contribution in [3.63, 3.8) is 0 Å². The predicted molar refractivity (Wildman–Crippen MR) is 62.2 cm³/mol. The van der Waals surface area contributed by atoms with Crippen LogP contribution in [0.4, 0.5) is 0 Å². The number of aliphatic carboxylic acids is 1. The van der Waals surface area contributed by atoms with Gasteiger partial charge >= 0.3 is 11.9 Å². The molecule has 0 aliphatic carbocycles. The molecule has 0 unspecified atom stereocenters. The number of hydrogen-bond donors (Lipinski definition) is 1. The molecule has 1 aromatic rings. The van der Waals surface area contributed by atoms with Crippen LogP contribution in [0.25, 0.3) is 0 Å². The zero-order chi connectivity index (χ0) is 13.7. The van der Waals surface area contributed by atoms with Crippen molar-refractivity contribution >= 4 is 11.9 Å². The van der Waals surface area contributed by atoms with Gasteiger partial charge < -0.3 is 19.3 Å². The van der Waals surface area contributed by atoms with Crippen molar-refractivity contribution in [3.05, 3.63) is 23.3 Å². The lowest BCUT2D eigenvalue weighted by Gasteiger charge is -2.13. The number of methoxy groups -OCH3 is 3. The van der Waals surface area contributed by atoms with Crippen LogP contribution in [0.2, 0.25) is 0 Å². The molecule has 18 heavy (non-hydrogen) atoms. The third kappa shape index (κ3) is 2.91. The summed E-state index contributed by atoms with van der Waals surface area (Å²) in [4.78, 5) is 22.2. The van der Waals surface area contributed by atoms with Gasteiger partial charge in [-0.2, -0.15) is 0 Å². The molecule has 1 N–H and O–H groups in total. The summed E-state index contributed by atoms with van der Waals surface area (Å²) in [7, 11) is 4.06. The van der Waals surface area contributed by atoms with Gasteiger partial charge in [0.25, 0.3) is 0 Å². The Morgan fingerprint density at radius 3 is 2.28 bits per heavy atom. The molecule has 0 aliphatic rings. The van der Waals surface area contributed by atoms with E-state index in [-0.39, 0.29) is 17.7 Å². The molecule has 0 aromatic heterocycles. The molecule has 0 spiro atoms. The number of rotatable bonds is 5. The van der Waals surface area contributed by atoms with E-state index in [1.54, 1.807) is 0 Å². The molecule has 6 heteroatoms. The Morgan fingerprint density at radius 1 is 1.17 bits per heavy atom. The van der Waals surface area contributed by atoms with E-state index in [2.05, 4.69) is 4.74 Å². The fraction of sp³-hybridized carbons (Fsp3) is 0.333. The topological polar surface area (TPSA) is 82.1 Å². The second kappa shape index (κ2) is 5.90. The Morgan fingerprint density at radius 2 is 1.83 bits per heavy atom. The molecule has 0 bridgehead atoms. The van der Waals surface area contributed by atoms with Gasteiger partial charge in [-0.05, 0) is 12.1 Å². The van der Waals surface area contributed by atoms with Crippen LogP contribution in [0.1, 0.15) is 15.9 Å². The first kappa shape index (κ1) is 13.8. The van der Waals surface area contributed by atoms with E-state index in [1.807, 2.05) is 0 Å². The molecule has 0 saturated carbocycles. The highest BCUT2D eigenvalue weighted by Gasteiger charge is 2.18. The van der Waals surface area contributed by atoms with Crippen molar-refractivity contribution in [1.29, 1.82) is 0 Å². The van der Waals surface area contributed by atoms with E-state index in [0.717, 1.165) is 0 Å². The van der Waals surface area contributed by atoms with Crippen molar-refractivity contribution in [1.82, 2.24) is 0 Å². The highest BCUT2D eigenvalue weighted by molar-refractivity contribution is 5.91. The molecule has 0 radical (unpaired) electrons. The molecule has 1 aromatic carbocycles. The maximum Gasteiger partial charge on any atom is 0.337 e. The smallest absolute Gasteiger partial charge is 0.337 e. The van der Waals surface area contributed by atoms with Gasteiger partial charge in [-0.1, -0.05) is 0 Å². The molecule has 0 atom stereocenters. The number of carbonyl (C=O) groups excluding carboxylic acids is 1. The first-order valence-electron chi connectivity index (χ1n) is 5.08. The molecular weight excluding hydrogens is 240 g/mol. The number of ether oxygens (including phenoxy) is 3. The molecule has 1 rings (SSSR count). The molecule has 6 nitrogen and oxygen atoms in total. The minimum Gasteiger partial charge on any atom is -0.493 e. The SMILES string of the molecule is COC(=O)c1cc(CC(=O)O)c(OC)c(OC)c1. The average Bonchev–Trinajstić information content (AvgIpc) is 2.35. The molecule has 0 saturated heterocycles. The number of hydrogen-bond acceptors (Lipinski definition) is 5. The van der Waals surface area contributed by atoms with Gasteiger partial charge in [-0.3, -0.25) is 4.79 Å². The van der Waals surface area contributed by atoms with E-state index in [4.69, 9.17) is 14.6 Å². The maximum atomic E-state index is 11.5. The van der Waals surface area contributed by atoms with E-state index < -0.39 is 11.9 Å². The van der Waals surface area contributed by atoms with Crippen LogP contribution in [0.5, 0.6) is 11.5 Å². The molecule has 0 aliphatic heterocycles. The summed E-state index contributed by atoms with van der Waals surface area (Å²) in [5, 5.41) is 8.82. The van der Waals surface area contributed by atoms with Gasteiger partial charge in [0.05, 0.1) is 33.3 Å². The van der Waals surface area contributed by atoms with Gasteiger partial charge in [0.1, 0.15) is 0 Å².